The second kappa shape index (κ2) is 14.4. The first kappa shape index (κ1) is 32.6. The summed E-state index contributed by atoms with van der Waals surface area (Å²) < 4.78 is 0. The number of hydrogen-bond donors (Lipinski definition) is 1. The number of benzene rings is 8. The molecule has 0 aliphatic carbocycles. The third-order valence-electron chi connectivity index (χ3n) is 10.2. The number of hydrogen-bond acceptors (Lipinski definition) is 3. The molecule has 3 nitrogen and oxygen atoms in total. The normalized spacial score (nSPS) is 13.9. The monoisotopic (exact) mass is 689 g/mol. The molecule has 54 heavy (non-hydrogen) atoms. The summed E-state index contributed by atoms with van der Waals surface area (Å²) in [5.41, 5.74) is 14.3. The van der Waals surface area contributed by atoms with Crippen LogP contribution < -0.4 is 5.32 Å². The fourth-order valence-electron chi connectivity index (χ4n) is 7.51. The average molecular weight is 690 g/mol. The van der Waals surface area contributed by atoms with Crippen molar-refractivity contribution in [1.82, 2.24) is 5.32 Å². The maximum absolute atomic E-state index is 9.19. The fraction of sp³-hybridized carbons (Fsp3) is 0.0196. The van der Waals surface area contributed by atoms with Crippen molar-refractivity contribution in [2.75, 3.05) is 0 Å². The van der Waals surface area contributed by atoms with Gasteiger partial charge in [0, 0.05) is 11.1 Å². The summed E-state index contributed by atoms with van der Waals surface area (Å²) in [5.74, 6) is 0.856. The van der Waals surface area contributed by atoms with Gasteiger partial charge in [0.1, 0.15) is 11.9 Å². The van der Waals surface area contributed by atoms with Gasteiger partial charge in [0.05, 0.1) is 17.3 Å². The Hall–Kier alpha value is -7.28. The van der Waals surface area contributed by atoms with E-state index >= 15 is 0 Å². The van der Waals surface area contributed by atoms with Crippen molar-refractivity contribution in [3.05, 3.63) is 228 Å². The maximum Gasteiger partial charge on any atom is 0.133 e. The van der Waals surface area contributed by atoms with E-state index < -0.39 is 0 Å². The second-order valence-corrected chi connectivity index (χ2v) is 13.5. The number of nitrogens with zero attached hydrogens (tertiary/aromatic N) is 2. The largest absolute Gasteiger partial charge is 0.339 e. The van der Waals surface area contributed by atoms with Crippen LogP contribution >= 0.6 is 0 Å². The number of aliphatic imine (C=N–C) groups is 1. The van der Waals surface area contributed by atoms with Gasteiger partial charge in [0.2, 0.25) is 0 Å². The molecule has 1 heterocycles. The Kier molecular flexibility index (Phi) is 8.69. The van der Waals surface area contributed by atoms with Crippen LogP contribution in [0.3, 0.4) is 0 Å². The number of fused-ring (bicyclic) bond motifs is 1. The Morgan fingerprint density at radius 1 is 0.407 bits per heavy atom. The molecule has 9 rings (SSSR count). The van der Waals surface area contributed by atoms with Gasteiger partial charge in [-0.3, -0.25) is 4.99 Å². The first-order valence-electron chi connectivity index (χ1n) is 18.2. The van der Waals surface area contributed by atoms with Crippen LogP contribution in [0.5, 0.6) is 0 Å². The van der Waals surface area contributed by atoms with E-state index in [1.165, 1.54) is 21.9 Å². The molecule has 0 saturated heterocycles. The highest BCUT2D eigenvalue weighted by Gasteiger charge is 2.28. The quantitative estimate of drug-likeness (QED) is 0.181. The highest BCUT2D eigenvalue weighted by atomic mass is 15.1. The van der Waals surface area contributed by atoms with Gasteiger partial charge in [-0.25, -0.2) is 0 Å². The number of rotatable bonds is 7. The van der Waals surface area contributed by atoms with E-state index in [4.69, 9.17) is 4.99 Å². The molecule has 0 bridgehead atoms. The SMILES string of the molecule is N#Cc1ccc(-c2ccc(-c3ccc(-c4ccc(C5N=C(c6ccccc6)NC(c6ccccc6)=C5c5ccccc5)cc4)c4ccccc34)cc2)cc1. The van der Waals surface area contributed by atoms with Crippen molar-refractivity contribution in [1.29, 1.82) is 5.26 Å². The average Bonchev–Trinajstić information content (AvgIpc) is 3.26. The van der Waals surface area contributed by atoms with E-state index in [0.717, 1.165) is 61.6 Å². The van der Waals surface area contributed by atoms with Crippen LogP contribution in [0.2, 0.25) is 0 Å². The molecule has 1 N–H and O–H groups in total. The lowest BCUT2D eigenvalue weighted by molar-refractivity contribution is 0.901. The lowest BCUT2D eigenvalue weighted by atomic mass is 9.86. The van der Waals surface area contributed by atoms with E-state index in [2.05, 4.69) is 181 Å². The highest BCUT2D eigenvalue weighted by molar-refractivity contribution is 6.11. The topological polar surface area (TPSA) is 48.2 Å². The summed E-state index contributed by atoms with van der Waals surface area (Å²) in [5, 5.41) is 15.4. The molecule has 0 radical (unpaired) electrons. The molecule has 254 valence electrons. The minimum Gasteiger partial charge on any atom is -0.339 e. The van der Waals surface area contributed by atoms with Crippen molar-refractivity contribution in [2.45, 2.75) is 6.04 Å². The Labute approximate surface area is 315 Å². The standard InChI is InChI=1S/C51H35N3/c52-34-35-20-22-36(23-21-35)37-24-26-38(27-25-37)44-32-33-45(47-19-11-10-18-46(44)47)39-28-30-42(31-29-39)50-48(40-12-4-1-5-13-40)49(41-14-6-2-7-15-41)53-51(54-50)43-16-8-3-9-17-43/h1-33,50H,(H,53,54). The zero-order valence-corrected chi connectivity index (χ0v) is 29.5. The van der Waals surface area contributed by atoms with Gasteiger partial charge in [-0.1, -0.05) is 188 Å². The number of nitrogens with one attached hydrogen (secondary N) is 1. The Balaban J connectivity index is 1.10. The van der Waals surface area contributed by atoms with Crippen LogP contribution in [0.25, 0.3) is 55.4 Å². The minimum absolute atomic E-state index is 0.223. The molecule has 0 spiro atoms. The summed E-state index contributed by atoms with van der Waals surface area (Å²) in [6.45, 7) is 0. The molecular formula is C51H35N3. The summed E-state index contributed by atoms with van der Waals surface area (Å²) in [7, 11) is 0. The molecule has 1 aliphatic heterocycles. The van der Waals surface area contributed by atoms with Crippen molar-refractivity contribution in [3.8, 4) is 39.4 Å². The summed E-state index contributed by atoms with van der Waals surface area (Å²) in [6.07, 6.45) is 0. The van der Waals surface area contributed by atoms with Gasteiger partial charge in [0.25, 0.3) is 0 Å². The van der Waals surface area contributed by atoms with Crippen molar-refractivity contribution in [3.63, 3.8) is 0 Å². The van der Waals surface area contributed by atoms with E-state index in [9.17, 15) is 5.26 Å². The molecule has 0 amide bonds. The molecular weight excluding hydrogens is 655 g/mol. The van der Waals surface area contributed by atoms with Crippen LogP contribution in [-0.4, -0.2) is 5.84 Å². The molecule has 1 aliphatic rings. The second-order valence-electron chi connectivity index (χ2n) is 13.5. The van der Waals surface area contributed by atoms with Crippen LogP contribution in [0.1, 0.15) is 33.9 Å². The van der Waals surface area contributed by atoms with Crippen molar-refractivity contribution in [2.24, 2.45) is 4.99 Å². The van der Waals surface area contributed by atoms with Crippen LogP contribution in [0, 0.1) is 11.3 Å². The fourth-order valence-corrected chi connectivity index (χ4v) is 7.51. The molecule has 0 fully saturated rings. The number of nitriles is 1. The van der Waals surface area contributed by atoms with Gasteiger partial charge in [-0.2, -0.15) is 5.26 Å². The lowest BCUT2D eigenvalue weighted by Gasteiger charge is -2.30. The number of amidine groups is 1. The van der Waals surface area contributed by atoms with Gasteiger partial charge in [-0.15, -0.1) is 0 Å². The van der Waals surface area contributed by atoms with Crippen LogP contribution in [-0.2, 0) is 0 Å². The zero-order valence-electron chi connectivity index (χ0n) is 29.5. The Bertz CT molecular complexity index is 2690. The lowest BCUT2D eigenvalue weighted by Crippen LogP contribution is -2.29. The van der Waals surface area contributed by atoms with E-state index in [1.807, 2.05) is 30.3 Å². The third-order valence-corrected chi connectivity index (χ3v) is 10.2. The predicted molar refractivity (Wildman–Crippen MR) is 224 cm³/mol. The maximum atomic E-state index is 9.19. The van der Waals surface area contributed by atoms with Gasteiger partial charge in [0.15, 0.2) is 0 Å². The van der Waals surface area contributed by atoms with Crippen molar-refractivity contribution >= 4 is 27.9 Å². The van der Waals surface area contributed by atoms with Gasteiger partial charge >= 0.3 is 0 Å². The van der Waals surface area contributed by atoms with Gasteiger partial charge < -0.3 is 5.32 Å². The molecule has 8 aromatic carbocycles. The van der Waals surface area contributed by atoms with E-state index in [0.29, 0.717) is 5.56 Å². The molecule has 0 aromatic heterocycles. The summed E-state index contributed by atoms with van der Waals surface area (Å²) in [4.78, 5) is 5.42. The zero-order chi connectivity index (χ0) is 36.3. The molecule has 3 heteroatoms. The smallest absolute Gasteiger partial charge is 0.133 e. The first-order chi connectivity index (χ1) is 26.7. The Morgan fingerprint density at radius 3 is 1.39 bits per heavy atom. The molecule has 1 unspecified atom stereocenters. The third kappa shape index (κ3) is 6.27. The minimum atomic E-state index is -0.223. The summed E-state index contributed by atoms with van der Waals surface area (Å²) >= 11 is 0. The molecule has 8 aromatic rings. The van der Waals surface area contributed by atoms with E-state index in [-0.39, 0.29) is 6.04 Å². The van der Waals surface area contributed by atoms with Crippen LogP contribution in [0.4, 0.5) is 0 Å². The molecule has 1 atom stereocenters. The van der Waals surface area contributed by atoms with Gasteiger partial charge in [-0.05, 0) is 73.0 Å². The van der Waals surface area contributed by atoms with E-state index in [1.54, 1.807) is 0 Å². The van der Waals surface area contributed by atoms with Crippen molar-refractivity contribution < 1.29 is 0 Å². The Morgan fingerprint density at radius 2 is 0.852 bits per heavy atom. The summed E-state index contributed by atoms with van der Waals surface area (Å²) in [6, 6.07) is 72.1. The highest BCUT2D eigenvalue weighted by Crippen LogP contribution is 2.42. The first-order valence-corrected chi connectivity index (χ1v) is 18.2. The van der Waals surface area contributed by atoms with Crippen LogP contribution in [0.15, 0.2) is 205 Å². The predicted octanol–water partition coefficient (Wildman–Crippen LogP) is 12.4. The molecule has 0 saturated carbocycles.